The Morgan fingerprint density at radius 2 is 1.95 bits per heavy atom. The molecule has 0 saturated carbocycles. The molecule has 2 N–H and O–H groups in total. The number of halogens is 1. The van der Waals surface area contributed by atoms with Gasteiger partial charge in [-0.25, -0.2) is 14.4 Å². The van der Waals surface area contributed by atoms with Crippen LogP contribution in [0.15, 0.2) is 36.7 Å². The average Bonchev–Trinajstić information content (AvgIpc) is 2.47. The van der Waals surface area contributed by atoms with Gasteiger partial charge in [0, 0.05) is 14.1 Å². The lowest BCUT2D eigenvalue weighted by Crippen LogP contribution is -2.37. The van der Waals surface area contributed by atoms with Crippen molar-refractivity contribution < 1.29 is 14.3 Å². The first-order chi connectivity index (χ1) is 10.3. The zero-order chi connectivity index (χ0) is 16.3. The molecule has 2 aromatic rings. The van der Waals surface area contributed by atoms with E-state index >= 15 is 0 Å². The quantitative estimate of drug-likeness (QED) is 0.895. The van der Waals surface area contributed by atoms with E-state index < -0.39 is 17.3 Å². The number of aromatic nitrogens is 2. The predicted octanol–water partition coefficient (Wildman–Crippen LogP) is 1.53. The molecule has 1 atom stereocenters. The number of nitrogens with zero attached hydrogens (tertiary/aromatic N) is 3. The van der Waals surface area contributed by atoms with Crippen LogP contribution in [-0.2, 0) is 10.4 Å². The van der Waals surface area contributed by atoms with E-state index in [2.05, 4.69) is 15.3 Å². The molecule has 0 fully saturated rings. The van der Waals surface area contributed by atoms with Crippen molar-refractivity contribution in [2.24, 2.45) is 0 Å². The Kier molecular flexibility index (Phi) is 4.37. The van der Waals surface area contributed by atoms with Crippen molar-refractivity contribution in [2.45, 2.75) is 12.5 Å². The molecule has 7 heteroatoms. The third kappa shape index (κ3) is 3.37. The number of amides is 1. The molecule has 22 heavy (non-hydrogen) atoms. The number of carbonyl (C=O) groups is 1. The number of benzene rings is 1. The Hall–Kier alpha value is -2.54. The molecule has 0 radical (unpaired) electrons. The fraction of sp³-hybridized carbons (Fsp3) is 0.267. The van der Waals surface area contributed by atoms with Crippen molar-refractivity contribution in [1.29, 1.82) is 0 Å². The summed E-state index contributed by atoms with van der Waals surface area (Å²) in [4.78, 5) is 22.0. The second kappa shape index (κ2) is 6.07. The first-order valence-corrected chi connectivity index (χ1v) is 6.60. The summed E-state index contributed by atoms with van der Waals surface area (Å²) in [6.45, 7) is 1.30. The molecule has 0 aliphatic heterocycles. The lowest BCUT2D eigenvalue weighted by molar-refractivity contribution is -0.133. The van der Waals surface area contributed by atoms with E-state index in [1.807, 2.05) is 0 Å². The molecule has 1 aromatic heterocycles. The number of hydrogen-bond donors (Lipinski definition) is 2. The van der Waals surface area contributed by atoms with E-state index in [4.69, 9.17) is 0 Å². The molecule has 0 aliphatic carbocycles. The minimum Gasteiger partial charge on any atom is -0.376 e. The van der Waals surface area contributed by atoms with E-state index in [-0.39, 0.29) is 5.56 Å². The average molecular weight is 304 g/mol. The fourth-order valence-corrected chi connectivity index (χ4v) is 1.79. The molecule has 1 aromatic carbocycles. The van der Waals surface area contributed by atoms with Gasteiger partial charge in [0.1, 0.15) is 5.82 Å². The van der Waals surface area contributed by atoms with E-state index in [0.717, 1.165) is 6.07 Å². The standard InChI is InChI=1S/C15H17FN4O2/c1-15(22,10-5-4-6-11(16)7-10)13(21)19-12-8-17-14(18-9-12)20(2)3/h4-9,22H,1-3H3,(H,19,21). The molecule has 0 saturated heterocycles. The molecular weight excluding hydrogens is 287 g/mol. The van der Waals surface area contributed by atoms with Crippen molar-refractivity contribution in [3.63, 3.8) is 0 Å². The molecule has 1 unspecified atom stereocenters. The molecule has 1 amide bonds. The van der Waals surface area contributed by atoms with Crippen LogP contribution in [0.5, 0.6) is 0 Å². The summed E-state index contributed by atoms with van der Waals surface area (Å²) < 4.78 is 13.2. The summed E-state index contributed by atoms with van der Waals surface area (Å²) in [5, 5.41) is 12.9. The summed E-state index contributed by atoms with van der Waals surface area (Å²) in [6, 6.07) is 5.27. The Bertz CT molecular complexity index is 671. The van der Waals surface area contributed by atoms with Crippen LogP contribution in [-0.4, -0.2) is 35.1 Å². The molecule has 2 rings (SSSR count). The number of carbonyl (C=O) groups excluding carboxylic acids is 1. The lowest BCUT2D eigenvalue weighted by atomic mass is 9.95. The first-order valence-electron chi connectivity index (χ1n) is 6.60. The van der Waals surface area contributed by atoms with Gasteiger partial charge in [-0.2, -0.15) is 0 Å². The van der Waals surface area contributed by atoms with Crippen molar-refractivity contribution in [2.75, 3.05) is 24.3 Å². The van der Waals surface area contributed by atoms with Crippen molar-refractivity contribution in [3.05, 3.63) is 48.0 Å². The second-order valence-corrected chi connectivity index (χ2v) is 5.20. The van der Waals surface area contributed by atoms with Crippen LogP contribution in [0.2, 0.25) is 0 Å². The number of rotatable bonds is 4. The zero-order valence-corrected chi connectivity index (χ0v) is 12.5. The summed E-state index contributed by atoms with van der Waals surface area (Å²) >= 11 is 0. The van der Waals surface area contributed by atoms with E-state index in [0.29, 0.717) is 11.6 Å². The second-order valence-electron chi connectivity index (χ2n) is 5.20. The van der Waals surface area contributed by atoms with Gasteiger partial charge in [0.05, 0.1) is 18.1 Å². The number of anilines is 2. The highest BCUT2D eigenvalue weighted by Crippen LogP contribution is 2.23. The third-order valence-corrected chi connectivity index (χ3v) is 3.12. The van der Waals surface area contributed by atoms with Gasteiger partial charge in [0.2, 0.25) is 5.95 Å². The highest BCUT2D eigenvalue weighted by atomic mass is 19.1. The maximum absolute atomic E-state index is 13.2. The molecule has 1 heterocycles. The zero-order valence-electron chi connectivity index (χ0n) is 12.5. The molecule has 116 valence electrons. The minimum atomic E-state index is -1.87. The number of nitrogens with one attached hydrogen (secondary N) is 1. The smallest absolute Gasteiger partial charge is 0.260 e. The van der Waals surface area contributed by atoms with Crippen LogP contribution in [0.25, 0.3) is 0 Å². The first kappa shape index (κ1) is 15.8. The Morgan fingerprint density at radius 3 is 2.50 bits per heavy atom. The summed E-state index contributed by atoms with van der Waals surface area (Å²) in [6.07, 6.45) is 2.86. The predicted molar refractivity (Wildman–Crippen MR) is 81.0 cm³/mol. The minimum absolute atomic E-state index is 0.163. The fourth-order valence-electron chi connectivity index (χ4n) is 1.79. The summed E-state index contributed by atoms with van der Waals surface area (Å²) in [7, 11) is 3.59. The van der Waals surface area contributed by atoms with Gasteiger partial charge in [-0.15, -0.1) is 0 Å². The molecule has 0 bridgehead atoms. The molecule has 0 spiro atoms. The van der Waals surface area contributed by atoms with Gasteiger partial charge in [0.15, 0.2) is 5.60 Å². The van der Waals surface area contributed by atoms with E-state index in [9.17, 15) is 14.3 Å². The van der Waals surface area contributed by atoms with Crippen molar-refractivity contribution in [3.8, 4) is 0 Å². The highest BCUT2D eigenvalue weighted by molar-refractivity contribution is 5.97. The van der Waals surface area contributed by atoms with Gasteiger partial charge >= 0.3 is 0 Å². The van der Waals surface area contributed by atoms with E-state index in [1.165, 1.54) is 37.5 Å². The topological polar surface area (TPSA) is 78.4 Å². The van der Waals surface area contributed by atoms with Crippen LogP contribution < -0.4 is 10.2 Å². The van der Waals surface area contributed by atoms with Gasteiger partial charge in [-0.1, -0.05) is 12.1 Å². The number of hydrogen-bond acceptors (Lipinski definition) is 5. The Labute approximate surface area is 127 Å². The largest absolute Gasteiger partial charge is 0.376 e. The van der Waals surface area contributed by atoms with Crippen LogP contribution in [0.1, 0.15) is 12.5 Å². The van der Waals surface area contributed by atoms with Gasteiger partial charge < -0.3 is 15.3 Å². The van der Waals surface area contributed by atoms with Crippen molar-refractivity contribution >= 4 is 17.5 Å². The molecule has 0 aliphatic rings. The lowest BCUT2D eigenvalue weighted by Gasteiger charge is -2.22. The maximum Gasteiger partial charge on any atom is 0.260 e. The SMILES string of the molecule is CN(C)c1ncc(NC(=O)C(C)(O)c2cccc(F)c2)cn1. The van der Waals surface area contributed by atoms with E-state index in [1.54, 1.807) is 19.0 Å². The van der Waals surface area contributed by atoms with Crippen LogP contribution in [0.3, 0.4) is 0 Å². The highest BCUT2D eigenvalue weighted by Gasteiger charge is 2.32. The van der Waals surface area contributed by atoms with Gasteiger partial charge in [0.25, 0.3) is 5.91 Å². The molecule has 6 nitrogen and oxygen atoms in total. The van der Waals surface area contributed by atoms with Gasteiger partial charge in [-0.05, 0) is 24.6 Å². The molecular formula is C15H17FN4O2. The Morgan fingerprint density at radius 1 is 1.32 bits per heavy atom. The van der Waals surface area contributed by atoms with Crippen LogP contribution in [0, 0.1) is 5.82 Å². The summed E-state index contributed by atoms with van der Waals surface area (Å²) in [5.74, 6) is -0.724. The van der Waals surface area contributed by atoms with Crippen LogP contribution in [0.4, 0.5) is 16.0 Å². The van der Waals surface area contributed by atoms with Crippen LogP contribution >= 0.6 is 0 Å². The number of aliphatic hydroxyl groups is 1. The van der Waals surface area contributed by atoms with Crippen molar-refractivity contribution in [1.82, 2.24) is 9.97 Å². The summed E-state index contributed by atoms with van der Waals surface area (Å²) in [5.41, 5.74) is -1.37. The third-order valence-electron chi connectivity index (χ3n) is 3.12. The maximum atomic E-state index is 13.2. The Balaban J connectivity index is 2.17. The van der Waals surface area contributed by atoms with Gasteiger partial charge in [-0.3, -0.25) is 4.79 Å². The monoisotopic (exact) mass is 304 g/mol. The normalized spacial score (nSPS) is 13.3.